The van der Waals surface area contributed by atoms with Crippen LogP contribution in [0.15, 0.2) is 66.7 Å². The summed E-state index contributed by atoms with van der Waals surface area (Å²) in [6, 6.07) is 22.6. The van der Waals surface area contributed by atoms with E-state index in [1.165, 1.54) is 14.2 Å². The number of benzene rings is 3. The van der Waals surface area contributed by atoms with Crippen molar-refractivity contribution in [3.8, 4) is 12.1 Å². The number of phosphoric ester groups is 2. The van der Waals surface area contributed by atoms with Crippen molar-refractivity contribution in [3.05, 3.63) is 89.0 Å². The number of hydrogen-bond acceptors (Lipinski definition) is 18. The molecule has 3 aromatic carbocycles. The molecule has 58 heavy (non-hydrogen) atoms. The largest absolute Gasteiger partial charge is 0.475 e. The number of carbonyl (C=O) groups is 2. The Bertz CT molecular complexity index is 2160. The second-order valence-electron chi connectivity index (χ2n) is 12.2. The zero-order valence-electron chi connectivity index (χ0n) is 31.8. The minimum Gasteiger partial charge on any atom is -0.384 e. The molecule has 4 rings (SSSR count). The Morgan fingerprint density at radius 3 is 1.83 bits per heavy atom. The first kappa shape index (κ1) is 46.4. The average Bonchev–Trinajstić information content (AvgIpc) is 3.21. The lowest BCUT2D eigenvalue weighted by molar-refractivity contribution is 0.00150. The number of nitriles is 2. The van der Waals surface area contributed by atoms with Crippen molar-refractivity contribution in [2.24, 2.45) is 0 Å². The molecule has 0 aromatic heterocycles. The van der Waals surface area contributed by atoms with Crippen LogP contribution in [0.25, 0.3) is 0 Å². The number of nitrogens with zero attached hydrogens (tertiary/aromatic N) is 2. The fraction of sp³-hybridized carbons (Fsp3) is 0.405. The van der Waals surface area contributed by atoms with Crippen molar-refractivity contribution in [3.63, 3.8) is 0 Å². The molecule has 18 nitrogen and oxygen atoms in total. The first-order chi connectivity index (χ1) is 27.9. The van der Waals surface area contributed by atoms with Crippen LogP contribution in [0.1, 0.15) is 44.7 Å². The third-order valence-corrected chi connectivity index (χ3v) is 12.6. The molecule has 3 aromatic rings. The molecular weight excluding hydrogens is 818 g/mol. The summed E-state index contributed by atoms with van der Waals surface area (Å²) < 4.78 is 94.2. The Morgan fingerprint density at radius 2 is 1.21 bits per heavy atom. The molecular formula is C37H44N4O14P2S. The number of hydrogen-bond donors (Lipinski definition) is 2. The van der Waals surface area contributed by atoms with Crippen LogP contribution >= 0.6 is 15.6 Å². The first-order valence-electron chi connectivity index (χ1n) is 17.8. The molecule has 0 radical (unpaired) electrons. The minimum atomic E-state index is -4.57. The van der Waals surface area contributed by atoms with Gasteiger partial charge in [0.15, 0.2) is 21.4 Å². The van der Waals surface area contributed by atoms with Crippen LogP contribution in [0.5, 0.6) is 0 Å². The highest BCUT2D eigenvalue weighted by Gasteiger charge is 2.36. The maximum atomic E-state index is 13.9. The zero-order valence-corrected chi connectivity index (χ0v) is 34.4. The summed E-state index contributed by atoms with van der Waals surface area (Å²) in [7, 11) is -10.1. The van der Waals surface area contributed by atoms with Gasteiger partial charge in [-0.15, -0.1) is 0 Å². The predicted molar refractivity (Wildman–Crippen MR) is 211 cm³/mol. The molecule has 3 atom stereocenters. The van der Waals surface area contributed by atoms with Gasteiger partial charge in [0.1, 0.15) is 6.10 Å². The number of fused-ring (bicyclic) bond motifs is 2. The smallest absolute Gasteiger partial charge is 0.384 e. The Morgan fingerprint density at radius 1 is 0.655 bits per heavy atom. The molecule has 0 fully saturated rings. The van der Waals surface area contributed by atoms with E-state index in [4.69, 9.17) is 47.1 Å². The van der Waals surface area contributed by atoms with Crippen LogP contribution in [-0.2, 0) is 55.6 Å². The maximum Gasteiger partial charge on any atom is 0.475 e. The van der Waals surface area contributed by atoms with Gasteiger partial charge in [-0.3, -0.25) is 36.7 Å². The number of phosphoric acid groups is 2. The summed E-state index contributed by atoms with van der Waals surface area (Å²) in [5.74, 6) is -1.58. The van der Waals surface area contributed by atoms with Gasteiger partial charge in [-0.25, -0.2) is 17.5 Å². The molecule has 3 unspecified atom stereocenters. The van der Waals surface area contributed by atoms with Gasteiger partial charge in [0.2, 0.25) is 0 Å². The molecule has 1 aliphatic carbocycles. The summed E-state index contributed by atoms with van der Waals surface area (Å²) in [6.45, 7) is -2.78. The number of para-hydroxylation sites is 1. The van der Waals surface area contributed by atoms with Gasteiger partial charge in [-0.05, 0) is 24.3 Å². The molecule has 0 saturated heterocycles. The van der Waals surface area contributed by atoms with Crippen LogP contribution in [0.2, 0.25) is 0 Å². The third-order valence-electron chi connectivity index (χ3n) is 8.01. The second kappa shape index (κ2) is 22.7. The van der Waals surface area contributed by atoms with Crippen LogP contribution in [0.3, 0.4) is 0 Å². The summed E-state index contributed by atoms with van der Waals surface area (Å²) >= 11 is 0. The number of ketones is 2. The van der Waals surface area contributed by atoms with Crippen molar-refractivity contribution in [1.29, 1.82) is 10.5 Å². The molecule has 1 aliphatic rings. The van der Waals surface area contributed by atoms with E-state index >= 15 is 0 Å². The van der Waals surface area contributed by atoms with E-state index in [9.17, 15) is 27.1 Å². The summed E-state index contributed by atoms with van der Waals surface area (Å²) in [5.41, 5.74) is 2.23. The van der Waals surface area contributed by atoms with Crippen LogP contribution in [0.4, 0.5) is 17.1 Å². The lowest BCUT2D eigenvalue weighted by Crippen LogP contribution is -2.26. The van der Waals surface area contributed by atoms with Gasteiger partial charge in [-0.2, -0.15) is 10.5 Å². The molecule has 0 saturated carbocycles. The van der Waals surface area contributed by atoms with Crippen LogP contribution < -0.4 is 10.6 Å². The van der Waals surface area contributed by atoms with Gasteiger partial charge in [0.05, 0.1) is 99.5 Å². The second-order valence-corrected chi connectivity index (χ2v) is 17.8. The topological polar surface area (TPSA) is 248 Å². The average molecular weight is 863 g/mol. The summed E-state index contributed by atoms with van der Waals surface area (Å²) in [6.07, 6.45) is -1.70. The zero-order chi connectivity index (χ0) is 42.0. The Labute approximate surface area is 336 Å². The van der Waals surface area contributed by atoms with Crippen LogP contribution in [0, 0.1) is 22.7 Å². The van der Waals surface area contributed by atoms with Gasteiger partial charge in [-0.1, -0.05) is 42.5 Å². The Hall–Kier alpha value is -4.33. The van der Waals surface area contributed by atoms with Gasteiger partial charge >= 0.3 is 15.6 Å². The lowest BCUT2D eigenvalue weighted by Gasteiger charge is -2.25. The van der Waals surface area contributed by atoms with E-state index in [-0.39, 0.29) is 85.4 Å². The number of sulfone groups is 1. The quantitative estimate of drug-likeness (QED) is 0.0528. The SMILES string of the molecule is COCCS(=O)(=O)CCOP(=O)(OCCC#N)OC(COC)COP(=O)(OCCC#N)OCCNc1ccc(Nc2ccccc2)c2c1C(=O)c1ccccc1C2=O. The standard InChI is InChI=1S/C37H44N4O14P2S/c1-48-22-24-58(46,47)25-23-53-57(45,51-20-9-17-39)55-29(26-49-2)27-54-56(44,50-19-8-16-38)52-21-18-40-32-14-15-33(41-28-10-4-3-5-11-28)35-34(32)36(42)30-12-6-7-13-31(30)37(35)43/h3-7,10-15,29,40-41H,8-9,18-27H2,1-2H3. The number of ether oxygens (including phenoxy) is 2. The molecule has 2 N–H and O–H groups in total. The molecule has 0 heterocycles. The predicted octanol–water partition coefficient (Wildman–Crippen LogP) is 5.84. The Kier molecular flexibility index (Phi) is 18.2. The van der Waals surface area contributed by atoms with Crippen molar-refractivity contribution in [2.45, 2.75) is 18.9 Å². The first-order valence-corrected chi connectivity index (χ1v) is 22.6. The van der Waals surface area contributed by atoms with E-state index in [0.717, 1.165) is 0 Å². The van der Waals surface area contributed by atoms with E-state index in [0.29, 0.717) is 17.1 Å². The van der Waals surface area contributed by atoms with E-state index in [1.54, 1.807) is 36.4 Å². The summed E-state index contributed by atoms with van der Waals surface area (Å²) in [4.78, 5) is 27.7. The molecule has 0 bridgehead atoms. The highest BCUT2D eigenvalue weighted by atomic mass is 32.2. The monoisotopic (exact) mass is 862 g/mol. The molecule has 21 heteroatoms. The van der Waals surface area contributed by atoms with Gasteiger partial charge in [0, 0.05) is 43.3 Å². The van der Waals surface area contributed by atoms with E-state index in [1.807, 2.05) is 42.5 Å². The lowest BCUT2D eigenvalue weighted by atomic mass is 9.82. The number of methoxy groups -OCH3 is 2. The minimum absolute atomic E-state index is 0.0608. The molecule has 312 valence electrons. The molecule has 0 amide bonds. The fourth-order valence-electron chi connectivity index (χ4n) is 5.35. The van der Waals surface area contributed by atoms with Crippen molar-refractivity contribution >= 4 is 54.1 Å². The number of rotatable bonds is 27. The maximum absolute atomic E-state index is 13.9. The van der Waals surface area contributed by atoms with E-state index < -0.39 is 57.2 Å². The number of anilines is 3. The molecule has 0 aliphatic heterocycles. The van der Waals surface area contributed by atoms with Gasteiger partial charge < -0.3 is 20.1 Å². The highest BCUT2D eigenvalue weighted by Crippen LogP contribution is 2.53. The van der Waals surface area contributed by atoms with Crippen LogP contribution in [-0.4, -0.2) is 105 Å². The molecule has 0 spiro atoms. The van der Waals surface area contributed by atoms with Crippen molar-refractivity contribution in [1.82, 2.24) is 0 Å². The number of carbonyl (C=O) groups excluding carboxylic acids is 2. The normalized spacial score (nSPS) is 14.9. The fourth-order valence-corrected chi connectivity index (χ4v) is 8.95. The summed E-state index contributed by atoms with van der Waals surface area (Å²) in [5, 5.41) is 24.3. The van der Waals surface area contributed by atoms with E-state index in [2.05, 4.69) is 10.6 Å². The highest BCUT2D eigenvalue weighted by molar-refractivity contribution is 7.91. The third kappa shape index (κ3) is 13.6. The van der Waals surface area contributed by atoms with Gasteiger partial charge in [0.25, 0.3) is 0 Å². The Balaban J connectivity index is 1.47. The van der Waals surface area contributed by atoms with Crippen molar-refractivity contribution in [2.75, 3.05) is 89.2 Å². The number of nitrogens with one attached hydrogen (secondary N) is 2. The van der Waals surface area contributed by atoms with Crippen molar-refractivity contribution < 1.29 is 63.8 Å².